The number of carbonyl (C=O) groups is 2. The van der Waals surface area contributed by atoms with Gasteiger partial charge in [-0.1, -0.05) is 32.0 Å². The Kier molecular flexibility index (Phi) is 7.16. The molecular weight excluding hydrogens is 344 g/mol. The fourth-order valence-electron chi connectivity index (χ4n) is 3.52. The van der Waals surface area contributed by atoms with E-state index in [0.717, 1.165) is 11.4 Å². The molecule has 1 aliphatic heterocycles. The van der Waals surface area contributed by atoms with Gasteiger partial charge in [0.1, 0.15) is 0 Å². The van der Waals surface area contributed by atoms with E-state index < -0.39 is 0 Å². The van der Waals surface area contributed by atoms with Crippen LogP contribution in [0.15, 0.2) is 36.0 Å². The molecule has 0 atom stereocenters. The molecule has 6 heteroatoms. The summed E-state index contributed by atoms with van der Waals surface area (Å²) in [5, 5.41) is 0. The molecule has 6 nitrogen and oxygen atoms in total. The van der Waals surface area contributed by atoms with E-state index in [0.29, 0.717) is 19.7 Å². The van der Waals surface area contributed by atoms with Crippen LogP contribution in [0.4, 0.5) is 5.69 Å². The highest BCUT2D eigenvalue weighted by atomic mass is 16.5. The van der Waals surface area contributed by atoms with Crippen molar-refractivity contribution >= 4 is 17.4 Å². The Labute approximate surface area is 161 Å². The van der Waals surface area contributed by atoms with Crippen molar-refractivity contribution in [3.8, 4) is 0 Å². The molecule has 0 aromatic heterocycles. The molecule has 27 heavy (non-hydrogen) atoms. The molecule has 1 heterocycles. The summed E-state index contributed by atoms with van der Waals surface area (Å²) in [4.78, 5) is 28.2. The van der Waals surface area contributed by atoms with Gasteiger partial charge in [0, 0.05) is 50.1 Å². The molecule has 0 saturated heterocycles. The maximum absolute atomic E-state index is 12.8. The summed E-state index contributed by atoms with van der Waals surface area (Å²) in [6, 6.07) is 8.22. The highest BCUT2D eigenvalue weighted by molar-refractivity contribution is 5.94. The van der Waals surface area contributed by atoms with Crippen LogP contribution in [0.3, 0.4) is 0 Å². The van der Waals surface area contributed by atoms with Gasteiger partial charge < -0.3 is 14.4 Å². The lowest BCUT2D eigenvalue weighted by atomic mass is 9.83. The van der Waals surface area contributed by atoms with Gasteiger partial charge in [-0.2, -0.15) is 0 Å². The van der Waals surface area contributed by atoms with Crippen LogP contribution in [0, 0.1) is 0 Å². The van der Waals surface area contributed by atoms with Crippen molar-refractivity contribution in [1.29, 1.82) is 0 Å². The summed E-state index contributed by atoms with van der Waals surface area (Å²) in [5.41, 5.74) is 3.09. The van der Waals surface area contributed by atoms with Gasteiger partial charge in [0.25, 0.3) is 0 Å². The maximum Gasteiger partial charge on any atom is 0.306 e. The molecule has 0 aliphatic carbocycles. The van der Waals surface area contributed by atoms with E-state index in [1.165, 1.54) is 12.7 Å². The van der Waals surface area contributed by atoms with Gasteiger partial charge in [-0.05, 0) is 11.6 Å². The predicted octanol–water partition coefficient (Wildman–Crippen LogP) is 2.38. The number of nitrogens with zero attached hydrogens (tertiary/aromatic N) is 2. The number of rotatable bonds is 9. The van der Waals surface area contributed by atoms with E-state index in [4.69, 9.17) is 9.47 Å². The molecule has 0 radical (unpaired) electrons. The third kappa shape index (κ3) is 4.96. The summed E-state index contributed by atoms with van der Waals surface area (Å²) >= 11 is 0. The zero-order valence-corrected chi connectivity index (χ0v) is 16.9. The molecule has 0 N–H and O–H groups in total. The molecule has 0 bridgehead atoms. The summed E-state index contributed by atoms with van der Waals surface area (Å²) < 4.78 is 9.81. The number of benzene rings is 1. The summed E-state index contributed by atoms with van der Waals surface area (Å²) in [6.45, 7) is 6.06. The summed E-state index contributed by atoms with van der Waals surface area (Å²) in [5.74, 6) is -0.269. The fraction of sp³-hybridized carbons (Fsp3) is 0.524. The zero-order valence-electron chi connectivity index (χ0n) is 16.9. The van der Waals surface area contributed by atoms with E-state index in [1.54, 1.807) is 13.2 Å². The Hall–Kier alpha value is -2.18. The molecule has 0 spiro atoms. The minimum atomic E-state index is -0.282. The second-order valence-electron chi connectivity index (χ2n) is 7.29. The van der Waals surface area contributed by atoms with Gasteiger partial charge in [-0.15, -0.1) is 0 Å². The van der Waals surface area contributed by atoms with E-state index in [2.05, 4.69) is 30.9 Å². The van der Waals surface area contributed by atoms with Crippen LogP contribution in [0.2, 0.25) is 0 Å². The van der Waals surface area contributed by atoms with Crippen molar-refractivity contribution in [3.63, 3.8) is 0 Å². The SMILES string of the molecule is COCCN(CCC(=O)OC)CC(=O)/C=C1/N(C)c2ccccc2C1(C)C. The number of methoxy groups -OCH3 is 2. The highest BCUT2D eigenvalue weighted by Crippen LogP contribution is 2.46. The Balaban J connectivity index is 2.12. The lowest BCUT2D eigenvalue weighted by molar-refractivity contribution is -0.141. The maximum atomic E-state index is 12.8. The second kappa shape index (κ2) is 9.15. The third-order valence-electron chi connectivity index (χ3n) is 5.09. The monoisotopic (exact) mass is 374 g/mol. The normalized spacial score (nSPS) is 16.7. The molecular formula is C21H30N2O4. The largest absolute Gasteiger partial charge is 0.469 e. The number of fused-ring (bicyclic) bond motifs is 1. The quantitative estimate of drug-likeness (QED) is 0.489. The van der Waals surface area contributed by atoms with Crippen LogP contribution in [0.1, 0.15) is 25.8 Å². The van der Waals surface area contributed by atoms with Gasteiger partial charge in [0.2, 0.25) is 0 Å². The van der Waals surface area contributed by atoms with Gasteiger partial charge in [0.05, 0.1) is 26.7 Å². The van der Waals surface area contributed by atoms with Crippen LogP contribution < -0.4 is 4.90 Å². The average molecular weight is 374 g/mol. The van der Waals surface area contributed by atoms with Crippen molar-refractivity contribution in [2.45, 2.75) is 25.7 Å². The molecule has 1 aromatic carbocycles. The molecule has 2 rings (SSSR count). The number of para-hydroxylation sites is 1. The lowest BCUT2D eigenvalue weighted by Crippen LogP contribution is -2.35. The molecule has 0 amide bonds. The number of allylic oxidation sites excluding steroid dienone is 1. The Morgan fingerprint density at radius 1 is 1.19 bits per heavy atom. The first-order valence-electron chi connectivity index (χ1n) is 9.17. The van der Waals surface area contributed by atoms with Crippen molar-refractivity contribution in [2.24, 2.45) is 0 Å². The summed E-state index contributed by atoms with van der Waals surface area (Å²) in [6.07, 6.45) is 1.98. The second-order valence-corrected chi connectivity index (χ2v) is 7.29. The van der Waals surface area contributed by atoms with Gasteiger partial charge in [-0.3, -0.25) is 14.5 Å². The number of hydrogen-bond acceptors (Lipinski definition) is 6. The smallest absolute Gasteiger partial charge is 0.306 e. The Morgan fingerprint density at radius 3 is 2.52 bits per heavy atom. The minimum absolute atomic E-state index is 0.0127. The number of carbonyl (C=O) groups excluding carboxylic acids is 2. The standard InChI is InChI=1S/C21H30N2O4/c1-21(2)17-8-6-7-9-18(17)22(3)19(21)14-16(24)15-23(12-13-26-4)11-10-20(25)27-5/h6-9,14H,10-13,15H2,1-5H3/b19-14+. The van der Waals surface area contributed by atoms with Crippen LogP contribution in [0.5, 0.6) is 0 Å². The fourth-order valence-corrected chi connectivity index (χ4v) is 3.52. The molecule has 0 fully saturated rings. The average Bonchev–Trinajstić information content (AvgIpc) is 2.84. The van der Waals surface area contributed by atoms with Crippen LogP contribution in [-0.2, 0) is 24.5 Å². The minimum Gasteiger partial charge on any atom is -0.469 e. The Bertz CT molecular complexity index is 712. The predicted molar refractivity (Wildman–Crippen MR) is 106 cm³/mol. The van der Waals surface area contributed by atoms with E-state index >= 15 is 0 Å². The zero-order chi connectivity index (χ0) is 20.0. The van der Waals surface area contributed by atoms with Crippen molar-refractivity contribution in [3.05, 3.63) is 41.6 Å². The Morgan fingerprint density at radius 2 is 1.89 bits per heavy atom. The molecule has 1 aromatic rings. The number of anilines is 1. The third-order valence-corrected chi connectivity index (χ3v) is 5.09. The highest BCUT2D eigenvalue weighted by Gasteiger charge is 2.38. The number of hydrogen-bond donors (Lipinski definition) is 0. The molecule has 0 saturated carbocycles. The van der Waals surface area contributed by atoms with E-state index in [-0.39, 0.29) is 30.1 Å². The number of likely N-dealkylation sites (N-methyl/N-ethyl adjacent to an activating group) is 1. The first kappa shape index (κ1) is 21.1. The van der Waals surface area contributed by atoms with Crippen molar-refractivity contribution in [2.75, 3.05) is 52.4 Å². The van der Waals surface area contributed by atoms with Gasteiger partial charge >= 0.3 is 5.97 Å². The van der Waals surface area contributed by atoms with Gasteiger partial charge in [-0.25, -0.2) is 0 Å². The number of ketones is 1. The topological polar surface area (TPSA) is 59.1 Å². The van der Waals surface area contributed by atoms with Crippen molar-refractivity contribution in [1.82, 2.24) is 4.90 Å². The van der Waals surface area contributed by atoms with Gasteiger partial charge in [0.15, 0.2) is 5.78 Å². The first-order valence-corrected chi connectivity index (χ1v) is 9.17. The van der Waals surface area contributed by atoms with Crippen LogP contribution >= 0.6 is 0 Å². The lowest BCUT2D eigenvalue weighted by Gasteiger charge is -2.25. The van der Waals surface area contributed by atoms with E-state index in [1.807, 2.05) is 24.1 Å². The number of ether oxygens (including phenoxy) is 2. The number of esters is 1. The first-order chi connectivity index (χ1) is 12.8. The molecule has 148 valence electrons. The molecule has 0 unspecified atom stereocenters. The van der Waals surface area contributed by atoms with Crippen molar-refractivity contribution < 1.29 is 19.1 Å². The molecule has 1 aliphatic rings. The van der Waals surface area contributed by atoms with Crippen LogP contribution in [-0.4, -0.2) is 64.2 Å². The summed E-state index contributed by atoms with van der Waals surface area (Å²) in [7, 11) is 4.98. The van der Waals surface area contributed by atoms with Crippen LogP contribution in [0.25, 0.3) is 0 Å². The van der Waals surface area contributed by atoms with E-state index in [9.17, 15) is 9.59 Å².